The van der Waals surface area contributed by atoms with Crippen LogP contribution in [0.25, 0.3) is 10.8 Å². The minimum atomic E-state index is 1.25. The fourth-order valence-electron chi connectivity index (χ4n) is 1.91. The Morgan fingerprint density at radius 2 is 1.79 bits per heavy atom. The average molecular weight is 185 g/mol. The molecule has 0 aliphatic heterocycles. The highest BCUT2D eigenvalue weighted by molar-refractivity contribution is 5.96. The van der Waals surface area contributed by atoms with Crippen LogP contribution < -0.4 is 5.32 Å². The molecule has 14 heavy (non-hydrogen) atoms. The highest BCUT2D eigenvalue weighted by Gasteiger charge is 2.04. The molecule has 0 bridgehead atoms. The summed E-state index contributed by atoms with van der Waals surface area (Å²) in [5, 5.41) is 5.89. The van der Waals surface area contributed by atoms with Gasteiger partial charge in [0, 0.05) is 18.1 Å². The lowest BCUT2D eigenvalue weighted by Gasteiger charge is -2.12. The Labute approximate surface area is 84.8 Å². The molecule has 0 radical (unpaired) electrons. The summed E-state index contributed by atoms with van der Waals surface area (Å²) in [6.07, 6.45) is 0. The summed E-state index contributed by atoms with van der Waals surface area (Å²) >= 11 is 0. The molecular weight excluding hydrogens is 170 g/mol. The molecule has 0 atom stereocenters. The first-order chi connectivity index (χ1) is 6.74. The second-order valence-electron chi connectivity index (χ2n) is 3.66. The van der Waals surface area contributed by atoms with Gasteiger partial charge >= 0.3 is 0 Å². The zero-order chi connectivity index (χ0) is 10.1. The third-order valence-corrected chi connectivity index (χ3v) is 2.82. The summed E-state index contributed by atoms with van der Waals surface area (Å²) in [6, 6.07) is 10.7. The van der Waals surface area contributed by atoms with Crippen LogP contribution in [0.1, 0.15) is 11.1 Å². The Bertz CT molecular complexity index is 472. The SMILES string of the molecule is CNc1c(C)c(C)cc2ccccc12. The Hall–Kier alpha value is -1.50. The van der Waals surface area contributed by atoms with Crippen molar-refractivity contribution >= 4 is 16.5 Å². The molecule has 1 N–H and O–H groups in total. The minimum Gasteiger partial charge on any atom is -0.387 e. The van der Waals surface area contributed by atoms with Crippen molar-refractivity contribution in [3.63, 3.8) is 0 Å². The van der Waals surface area contributed by atoms with E-state index in [1.807, 2.05) is 7.05 Å². The molecule has 0 fully saturated rings. The van der Waals surface area contributed by atoms with E-state index in [2.05, 4.69) is 49.5 Å². The van der Waals surface area contributed by atoms with Crippen molar-refractivity contribution in [2.45, 2.75) is 13.8 Å². The average Bonchev–Trinajstić information content (AvgIpc) is 2.20. The van der Waals surface area contributed by atoms with E-state index in [4.69, 9.17) is 0 Å². The van der Waals surface area contributed by atoms with E-state index in [1.54, 1.807) is 0 Å². The largest absolute Gasteiger partial charge is 0.387 e. The van der Waals surface area contributed by atoms with E-state index < -0.39 is 0 Å². The second kappa shape index (κ2) is 3.33. The molecular formula is C13H15N. The first kappa shape index (κ1) is 9.07. The van der Waals surface area contributed by atoms with Crippen LogP contribution in [-0.2, 0) is 0 Å². The van der Waals surface area contributed by atoms with Gasteiger partial charge in [0.15, 0.2) is 0 Å². The summed E-state index contributed by atoms with van der Waals surface area (Å²) in [5.41, 5.74) is 3.93. The summed E-state index contributed by atoms with van der Waals surface area (Å²) < 4.78 is 0. The van der Waals surface area contributed by atoms with Gasteiger partial charge in [0.05, 0.1) is 0 Å². The monoisotopic (exact) mass is 185 g/mol. The minimum absolute atomic E-state index is 1.25. The predicted molar refractivity (Wildman–Crippen MR) is 63.0 cm³/mol. The molecule has 0 spiro atoms. The standard InChI is InChI=1S/C13H15N/c1-9-8-11-6-4-5-7-12(11)13(14-3)10(9)2/h4-8,14H,1-3H3. The normalized spacial score (nSPS) is 10.5. The van der Waals surface area contributed by atoms with Crippen LogP contribution in [0.5, 0.6) is 0 Å². The van der Waals surface area contributed by atoms with E-state index in [0.717, 1.165) is 0 Å². The molecule has 0 saturated heterocycles. The summed E-state index contributed by atoms with van der Waals surface area (Å²) in [6.45, 7) is 4.32. The van der Waals surface area contributed by atoms with Crippen LogP contribution in [0.15, 0.2) is 30.3 Å². The van der Waals surface area contributed by atoms with Crippen molar-refractivity contribution in [2.75, 3.05) is 12.4 Å². The lowest BCUT2D eigenvalue weighted by molar-refractivity contribution is 1.34. The van der Waals surface area contributed by atoms with Crippen molar-refractivity contribution < 1.29 is 0 Å². The molecule has 1 heteroatoms. The molecule has 2 aromatic carbocycles. The van der Waals surface area contributed by atoms with Gasteiger partial charge in [-0.05, 0) is 30.4 Å². The van der Waals surface area contributed by atoms with Crippen molar-refractivity contribution in [1.29, 1.82) is 0 Å². The number of hydrogen-bond donors (Lipinski definition) is 1. The van der Waals surface area contributed by atoms with Gasteiger partial charge in [0.2, 0.25) is 0 Å². The van der Waals surface area contributed by atoms with Crippen LogP contribution in [-0.4, -0.2) is 7.05 Å². The van der Waals surface area contributed by atoms with Crippen LogP contribution in [0.3, 0.4) is 0 Å². The van der Waals surface area contributed by atoms with E-state index in [0.29, 0.717) is 0 Å². The Kier molecular flexibility index (Phi) is 2.16. The van der Waals surface area contributed by atoms with Crippen LogP contribution in [0.4, 0.5) is 5.69 Å². The molecule has 1 nitrogen and oxygen atoms in total. The number of fused-ring (bicyclic) bond motifs is 1. The van der Waals surface area contributed by atoms with Gasteiger partial charge in [-0.2, -0.15) is 0 Å². The zero-order valence-electron chi connectivity index (χ0n) is 8.89. The lowest BCUT2D eigenvalue weighted by atomic mass is 10.00. The molecule has 0 aliphatic rings. The molecule has 0 saturated carbocycles. The molecule has 2 rings (SSSR count). The van der Waals surface area contributed by atoms with Gasteiger partial charge < -0.3 is 5.32 Å². The first-order valence-corrected chi connectivity index (χ1v) is 4.90. The number of benzene rings is 2. The first-order valence-electron chi connectivity index (χ1n) is 4.90. The van der Waals surface area contributed by atoms with Gasteiger partial charge in [-0.25, -0.2) is 0 Å². The van der Waals surface area contributed by atoms with Crippen molar-refractivity contribution in [3.8, 4) is 0 Å². The molecule has 0 amide bonds. The third kappa shape index (κ3) is 1.25. The fourth-order valence-corrected chi connectivity index (χ4v) is 1.91. The number of hydrogen-bond acceptors (Lipinski definition) is 1. The van der Waals surface area contributed by atoms with Gasteiger partial charge in [0.1, 0.15) is 0 Å². The number of anilines is 1. The second-order valence-corrected chi connectivity index (χ2v) is 3.66. The van der Waals surface area contributed by atoms with Crippen molar-refractivity contribution in [2.24, 2.45) is 0 Å². The Morgan fingerprint density at radius 3 is 2.50 bits per heavy atom. The quantitative estimate of drug-likeness (QED) is 0.717. The number of aryl methyl sites for hydroxylation is 1. The Morgan fingerprint density at radius 1 is 1.07 bits per heavy atom. The molecule has 72 valence electrons. The van der Waals surface area contributed by atoms with Crippen molar-refractivity contribution in [3.05, 3.63) is 41.5 Å². The predicted octanol–water partition coefficient (Wildman–Crippen LogP) is 3.50. The summed E-state index contributed by atoms with van der Waals surface area (Å²) in [4.78, 5) is 0. The highest BCUT2D eigenvalue weighted by atomic mass is 14.8. The maximum atomic E-state index is 3.28. The maximum absolute atomic E-state index is 3.28. The van der Waals surface area contributed by atoms with E-state index in [-0.39, 0.29) is 0 Å². The molecule has 2 aromatic rings. The van der Waals surface area contributed by atoms with Crippen LogP contribution >= 0.6 is 0 Å². The molecule has 0 aliphatic carbocycles. The summed E-state index contributed by atoms with van der Waals surface area (Å²) in [7, 11) is 1.98. The van der Waals surface area contributed by atoms with Crippen LogP contribution in [0.2, 0.25) is 0 Å². The number of rotatable bonds is 1. The van der Waals surface area contributed by atoms with Crippen LogP contribution in [0, 0.1) is 13.8 Å². The molecule has 0 unspecified atom stereocenters. The number of nitrogens with one attached hydrogen (secondary N) is 1. The zero-order valence-corrected chi connectivity index (χ0v) is 8.89. The smallest absolute Gasteiger partial charge is 0.0449 e. The van der Waals surface area contributed by atoms with E-state index >= 15 is 0 Å². The lowest BCUT2D eigenvalue weighted by Crippen LogP contribution is -1.95. The maximum Gasteiger partial charge on any atom is 0.0449 e. The van der Waals surface area contributed by atoms with Gasteiger partial charge in [0.25, 0.3) is 0 Å². The third-order valence-electron chi connectivity index (χ3n) is 2.82. The summed E-state index contributed by atoms with van der Waals surface area (Å²) in [5.74, 6) is 0. The van der Waals surface area contributed by atoms with E-state index in [1.165, 1.54) is 27.6 Å². The van der Waals surface area contributed by atoms with Gasteiger partial charge in [-0.3, -0.25) is 0 Å². The topological polar surface area (TPSA) is 12.0 Å². The van der Waals surface area contributed by atoms with Gasteiger partial charge in [-0.1, -0.05) is 30.3 Å². The molecule has 0 heterocycles. The van der Waals surface area contributed by atoms with E-state index in [9.17, 15) is 0 Å². The highest BCUT2D eigenvalue weighted by Crippen LogP contribution is 2.29. The van der Waals surface area contributed by atoms with Crippen molar-refractivity contribution in [1.82, 2.24) is 0 Å². The Balaban J connectivity index is 2.89. The molecule has 0 aromatic heterocycles. The fraction of sp³-hybridized carbons (Fsp3) is 0.231. The van der Waals surface area contributed by atoms with Gasteiger partial charge in [-0.15, -0.1) is 0 Å².